The van der Waals surface area contributed by atoms with Gasteiger partial charge >= 0.3 is 0 Å². The number of benzene rings is 9. The maximum atomic E-state index is 2.33. The minimum atomic E-state index is 1.05. The van der Waals surface area contributed by atoms with Crippen molar-refractivity contribution < 1.29 is 0 Å². The van der Waals surface area contributed by atoms with Crippen LogP contribution in [0.15, 0.2) is 273 Å². The number of hydrogen-bond donors (Lipinski definition) is 0. The Bertz CT molecular complexity index is 2860. The van der Waals surface area contributed by atoms with Crippen molar-refractivity contribution in [3.63, 3.8) is 0 Å². The topological polar surface area (TPSA) is 13.0 Å². The van der Waals surface area contributed by atoms with Crippen molar-refractivity contribution in [2.24, 2.45) is 0 Å². The molecule has 9 aromatic carbocycles. The van der Waals surface area contributed by atoms with E-state index < -0.39 is 0 Å². The van der Waals surface area contributed by atoms with Gasteiger partial charge in [0.1, 0.15) is 0 Å². The normalized spacial score (nSPS) is 11.3. The van der Waals surface area contributed by atoms with Gasteiger partial charge in [-0.1, -0.05) is 127 Å². The third-order valence-corrected chi connectivity index (χ3v) is 11.3. The molecule has 9 aromatic rings. The molecule has 0 fully saturated rings. The van der Waals surface area contributed by atoms with Gasteiger partial charge < -0.3 is 19.6 Å². The fraction of sp³-hybridized carbons (Fsp3) is 0.0333. The lowest BCUT2D eigenvalue weighted by Gasteiger charge is -2.30. The summed E-state index contributed by atoms with van der Waals surface area (Å²) in [7, 11) is 0. The van der Waals surface area contributed by atoms with E-state index in [9.17, 15) is 0 Å². The summed E-state index contributed by atoms with van der Waals surface area (Å²) in [5.74, 6) is 0. The second-order valence-electron chi connectivity index (χ2n) is 15.4. The van der Waals surface area contributed by atoms with E-state index in [4.69, 9.17) is 0 Å². The molecule has 9 rings (SSSR count). The van der Waals surface area contributed by atoms with Gasteiger partial charge in [0, 0.05) is 68.3 Å². The highest BCUT2D eigenvalue weighted by atomic mass is 15.2. The van der Waals surface area contributed by atoms with Crippen molar-refractivity contribution in [2.75, 3.05) is 19.6 Å². The Morgan fingerprint density at radius 1 is 0.266 bits per heavy atom. The highest BCUT2D eigenvalue weighted by Gasteiger charge is 2.19. The number of anilines is 11. The van der Waals surface area contributed by atoms with Gasteiger partial charge in [-0.25, -0.2) is 0 Å². The lowest BCUT2D eigenvalue weighted by Crippen LogP contribution is -2.15. The summed E-state index contributed by atoms with van der Waals surface area (Å²) < 4.78 is 0. The Hall–Kier alpha value is -8.34. The second-order valence-corrected chi connectivity index (χ2v) is 15.4. The summed E-state index contributed by atoms with van der Waals surface area (Å²) in [6.45, 7) is 4.15. The molecular formula is C60H50N4. The van der Waals surface area contributed by atoms with Crippen LogP contribution in [-0.2, 0) is 0 Å². The first-order chi connectivity index (χ1) is 31.7. The summed E-state index contributed by atoms with van der Waals surface area (Å²) in [6, 6.07) is 88.2. The van der Waals surface area contributed by atoms with Crippen LogP contribution in [-0.4, -0.2) is 0 Å². The van der Waals surface area contributed by atoms with Crippen LogP contribution < -0.4 is 19.6 Å². The largest absolute Gasteiger partial charge is 0.311 e. The van der Waals surface area contributed by atoms with Crippen LogP contribution in [0.5, 0.6) is 0 Å². The molecule has 0 unspecified atom stereocenters. The molecule has 310 valence electrons. The van der Waals surface area contributed by atoms with E-state index >= 15 is 0 Å². The van der Waals surface area contributed by atoms with Crippen LogP contribution >= 0.6 is 0 Å². The Labute approximate surface area is 378 Å². The van der Waals surface area contributed by atoms with E-state index in [2.05, 4.69) is 300 Å². The van der Waals surface area contributed by atoms with Crippen molar-refractivity contribution in [1.82, 2.24) is 0 Å². The molecule has 4 nitrogen and oxygen atoms in total. The fourth-order valence-electron chi connectivity index (χ4n) is 8.25. The van der Waals surface area contributed by atoms with Crippen molar-refractivity contribution >= 4 is 62.6 Å². The number of hydrogen-bond acceptors (Lipinski definition) is 4. The molecule has 0 atom stereocenters. The Balaban J connectivity index is 1.09. The predicted molar refractivity (Wildman–Crippen MR) is 273 cm³/mol. The zero-order valence-electron chi connectivity index (χ0n) is 36.2. The monoisotopic (exact) mass is 826 g/mol. The van der Waals surface area contributed by atoms with E-state index in [-0.39, 0.29) is 0 Å². The van der Waals surface area contributed by atoms with E-state index in [1.165, 1.54) is 11.1 Å². The lowest BCUT2D eigenvalue weighted by atomic mass is 10.0. The highest BCUT2D eigenvalue weighted by molar-refractivity contribution is 5.84. The van der Waals surface area contributed by atoms with Gasteiger partial charge in [-0.15, -0.1) is 0 Å². The van der Waals surface area contributed by atoms with Crippen LogP contribution in [0.1, 0.15) is 13.8 Å². The average molecular weight is 827 g/mol. The van der Waals surface area contributed by atoms with Crippen molar-refractivity contribution in [3.8, 4) is 11.1 Å². The van der Waals surface area contributed by atoms with Crippen LogP contribution in [0, 0.1) is 0 Å². The minimum absolute atomic E-state index is 1.05. The van der Waals surface area contributed by atoms with Crippen LogP contribution in [0.2, 0.25) is 0 Å². The minimum Gasteiger partial charge on any atom is -0.311 e. The number of allylic oxidation sites excluding steroid dienone is 3. The Kier molecular flexibility index (Phi) is 12.6. The zero-order valence-corrected chi connectivity index (χ0v) is 36.2. The van der Waals surface area contributed by atoms with Gasteiger partial charge in [0.25, 0.3) is 0 Å². The Morgan fingerprint density at radius 2 is 0.500 bits per heavy atom. The summed E-state index contributed by atoms with van der Waals surface area (Å²) in [5, 5.41) is 0. The third kappa shape index (κ3) is 8.99. The molecule has 0 bridgehead atoms. The first kappa shape index (κ1) is 41.0. The number of para-hydroxylation sites is 4. The van der Waals surface area contributed by atoms with E-state index in [0.717, 1.165) is 68.3 Å². The highest BCUT2D eigenvalue weighted by Crippen LogP contribution is 2.42. The first-order valence-corrected chi connectivity index (χ1v) is 21.8. The van der Waals surface area contributed by atoms with Crippen molar-refractivity contribution in [1.29, 1.82) is 0 Å². The van der Waals surface area contributed by atoms with Crippen LogP contribution in [0.3, 0.4) is 0 Å². The molecule has 64 heavy (non-hydrogen) atoms. The average Bonchev–Trinajstić information content (AvgIpc) is 3.37. The molecule has 0 amide bonds. The van der Waals surface area contributed by atoms with Gasteiger partial charge in [-0.3, -0.25) is 0 Å². The van der Waals surface area contributed by atoms with Crippen molar-refractivity contribution in [3.05, 3.63) is 273 Å². The van der Waals surface area contributed by atoms with Gasteiger partial charge in [0.2, 0.25) is 0 Å². The molecule has 0 aliphatic heterocycles. The summed E-state index contributed by atoms with van der Waals surface area (Å²) in [5.41, 5.74) is 15.3. The third-order valence-electron chi connectivity index (χ3n) is 11.3. The second kappa shape index (κ2) is 19.6. The molecular weight excluding hydrogens is 777 g/mol. The molecule has 0 aliphatic rings. The van der Waals surface area contributed by atoms with E-state index in [1.54, 1.807) is 0 Å². The van der Waals surface area contributed by atoms with Crippen molar-refractivity contribution in [2.45, 2.75) is 13.8 Å². The quantitative estimate of drug-likeness (QED) is 0.101. The predicted octanol–water partition coefficient (Wildman–Crippen LogP) is 17.4. The SMILES string of the molecule is C/C=C\C(=C/C)N(c1ccccc1)c1ccc(N(c2ccc(-c3ccccc3)cc2)c2ccc(N(c3ccccc3)c3ccc(N(c4ccccc4)c4ccccc4)cc3)cc2)cc1. The van der Waals surface area contributed by atoms with Crippen LogP contribution in [0.25, 0.3) is 11.1 Å². The van der Waals surface area contributed by atoms with Crippen LogP contribution in [0.4, 0.5) is 62.6 Å². The lowest BCUT2D eigenvalue weighted by molar-refractivity contribution is 1.19. The zero-order chi connectivity index (χ0) is 43.5. The molecule has 0 radical (unpaired) electrons. The van der Waals surface area contributed by atoms with Gasteiger partial charge in [-0.2, -0.15) is 0 Å². The Morgan fingerprint density at radius 3 is 0.812 bits per heavy atom. The van der Waals surface area contributed by atoms with Gasteiger partial charge in [0.15, 0.2) is 0 Å². The molecule has 4 heteroatoms. The first-order valence-electron chi connectivity index (χ1n) is 21.8. The maximum absolute atomic E-state index is 2.33. The van der Waals surface area contributed by atoms with E-state index in [0.29, 0.717) is 0 Å². The smallest absolute Gasteiger partial charge is 0.0463 e. The van der Waals surface area contributed by atoms with E-state index in [1.807, 2.05) is 0 Å². The molecule has 0 N–H and O–H groups in total. The van der Waals surface area contributed by atoms with Gasteiger partial charge in [0.05, 0.1) is 0 Å². The maximum Gasteiger partial charge on any atom is 0.0463 e. The molecule has 0 aliphatic carbocycles. The number of nitrogens with zero attached hydrogens (tertiary/aromatic N) is 4. The molecule has 0 saturated heterocycles. The summed E-state index contributed by atoms with van der Waals surface area (Å²) in [4.78, 5) is 9.24. The van der Waals surface area contributed by atoms with Gasteiger partial charge in [-0.05, 0) is 165 Å². The fourth-order valence-corrected chi connectivity index (χ4v) is 8.25. The summed E-state index contributed by atoms with van der Waals surface area (Å²) >= 11 is 0. The molecule has 0 aromatic heterocycles. The molecule has 0 saturated carbocycles. The standard InChI is InChI=1S/C60H50N4/c1-3-20-49(4-2)61(50-23-12-6-13-24-50)55-35-37-59(38-36-55)64(54-33-31-48(32-34-54)47-21-10-5-11-22-47)60-45-43-58(44-46-60)63(53-29-18-9-19-30-53)57-41-39-56(40-42-57)62(51-25-14-7-15-26-51)52-27-16-8-17-28-52/h3-46H,1-2H3/b20-3-,49-4+. The molecule has 0 spiro atoms. The summed E-state index contributed by atoms with van der Waals surface area (Å²) in [6.07, 6.45) is 6.39. The number of rotatable bonds is 14. The molecule has 0 heterocycles.